The minimum absolute atomic E-state index is 0.415. The van der Waals surface area contributed by atoms with Gasteiger partial charge in [0, 0.05) is 24.8 Å². The van der Waals surface area contributed by atoms with Crippen LogP contribution in [0.25, 0.3) is 0 Å². The highest BCUT2D eigenvalue weighted by Gasteiger charge is 2.11. The Morgan fingerprint density at radius 1 is 1.19 bits per heavy atom. The Balaban J connectivity index is 2.06. The van der Waals surface area contributed by atoms with E-state index in [0.717, 1.165) is 26.3 Å². The van der Waals surface area contributed by atoms with Crippen LogP contribution in [0.4, 0.5) is 5.69 Å². The maximum Gasteiger partial charge on any atom is 0.0642 e. The van der Waals surface area contributed by atoms with E-state index in [2.05, 4.69) is 41.4 Å². The van der Waals surface area contributed by atoms with E-state index in [4.69, 9.17) is 4.74 Å². The molecule has 1 aliphatic rings. The summed E-state index contributed by atoms with van der Waals surface area (Å²) in [6.07, 6.45) is 0. The molecule has 3 heteroatoms. The van der Waals surface area contributed by atoms with Crippen LogP contribution in [0.3, 0.4) is 0 Å². The van der Waals surface area contributed by atoms with Gasteiger partial charge >= 0.3 is 0 Å². The van der Waals surface area contributed by atoms with Crippen LogP contribution in [-0.4, -0.2) is 33.4 Å². The van der Waals surface area contributed by atoms with E-state index in [0.29, 0.717) is 6.04 Å². The third-order valence-electron chi connectivity index (χ3n) is 3.20. The van der Waals surface area contributed by atoms with Crippen LogP contribution in [0.15, 0.2) is 24.3 Å². The lowest BCUT2D eigenvalue weighted by Crippen LogP contribution is -2.36. The lowest BCUT2D eigenvalue weighted by atomic mass is 10.1. The fourth-order valence-electron chi connectivity index (χ4n) is 1.96. The van der Waals surface area contributed by atoms with Crippen LogP contribution >= 0.6 is 0 Å². The maximum atomic E-state index is 5.35. The predicted octanol–water partition coefficient (Wildman–Crippen LogP) is 1.80. The highest BCUT2D eigenvalue weighted by molar-refractivity contribution is 5.48. The van der Waals surface area contributed by atoms with Gasteiger partial charge in [-0.3, -0.25) is 0 Å². The van der Waals surface area contributed by atoms with Gasteiger partial charge in [0.1, 0.15) is 0 Å². The first-order chi connectivity index (χ1) is 7.81. The molecule has 0 bridgehead atoms. The Morgan fingerprint density at radius 3 is 2.38 bits per heavy atom. The van der Waals surface area contributed by atoms with Crippen LogP contribution < -0.4 is 10.2 Å². The van der Waals surface area contributed by atoms with Crippen molar-refractivity contribution in [2.75, 3.05) is 38.3 Å². The minimum Gasteiger partial charge on any atom is -0.378 e. The second-order valence-corrected chi connectivity index (χ2v) is 4.20. The molecule has 1 fully saturated rings. The second kappa shape index (κ2) is 5.32. The van der Waals surface area contributed by atoms with Gasteiger partial charge in [0.25, 0.3) is 0 Å². The van der Waals surface area contributed by atoms with Crippen LogP contribution in [-0.2, 0) is 4.74 Å². The Morgan fingerprint density at radius 2 is 1.81 bits per heavy atom. The molecule has 0 amide bonds. The normalized spacial score (nSPS) is 18.5. The van der Waals surface area contributed by atoms with Crippen LogP contribution in [0.5, 0.6) is 0 Å². The number of hydrogen-bond donors (Lipinski definition) is 1. The molecule has 1 aliphatic heterocycles. The summed E-state index contributed by atoms with van der Waals surface area (Å²) in [5.41, 5.74) is 2.63. The molecule has 0 aromatic heterocycles. The van der Waals surface area contributed by atoms with Gasteiger partial charge in [-0.1, -0.05) is 12.1 Å². The average molecular weight is 220 g/mol. The lowest BCUT2D eigenvalue weighted by molar-refractivity contribution is 0.122. The molecule has 2 rings (SSSR count). The molecule has 0 saturated carbocycles. The molecule has 0 aliphatic carbocycles. The Kier molecular flexibility index (Phi) is 3.80. The van der Waals surface area contributed by atoms with Gasteiger partial charge in [0.15, 0.2) is 0 Å². The number of rotatable bonds is 3. The summed E-state index contributed by atoms with van der Waals surface area (Å²) < 4.78 is 5.35. The third-order valence-corrected chi connectivity index (χ3v) is 3.20. The summed E-state index contributed by atoms with van der Waals surface area (Å²) in [4.78, 5) is 2.37. The molecule has 16 heavy (non-hydrogen) atoms. The van der Waals surface area contributed by atoms with Crippen molar-refractivity contribution in [3.63, 3.8) is 0 Å². The second-order valence-electron chi connectivity index (χ2n) is 4.20. The predicted molar refractivity (Wildman–Crippen MR) is 66.9 cm³/mol. The number of hydrogen-bond acceptors (Lipinski definition) is 3. The molecule has 1 heterocycles. The topological polar surface area (TPSA) is 24.5 Å². The molecule has 0 unspecified atom stereocenters. The number of nitrogens with zero attached hydrogens (tertiary/aromatic N) is 1. The van der Waals surface area contributed by atoms with E-state index < -0.39 is 0 Å². The zero-order valence-corrected chi connectivity index (χ0v) is 10.1. The molecule has 88 valence electrons. The first kappa shape index (κ1) is 11.4. The van der Waals surface area contributed by atoms with Gasteiger partial charge in [-0.15, -0.1) is 0 Å². The molecular weight excluding hydrogens is 200 g/mol. The number of morpholine rings is 1. The Hall–Kier alpha value is -1.06. The Bertz CT molecular complexity index is 317. The van der Waals surface area contributed by atoms with Gasteiger partial charge in [-0.05, 0) is 31.7 Å². The van der Waals surface area contributed by atoms with Crippen LogP contribution in [0.2, 0.25) is 0 Å². The molecule has 1 aromatic rings. The number of benzene rings is 1. The number of ether oxygens (including phenoxy) is 1. The fraction of sp³-hybridized carbons (Fsp3) is 0.538. The van der Waals surface area contributed by atoms with Crippen molar-refractivity contribution in [1.82, 2.24) is 5.32 Å². The zero-order chi connectivity index (χ0) is 11.4. The van der Waals surface area contributed by atoms with Gasteiger partial charge in [0.05, 0.1) is 13.2 Å². The smallest absolute Gasteiger partial charge is 0.0642 e. The molecule has 1 N–H and O–H groups in total. The van der Waals surface area contributed by atoms with Crippen molar-refractivity contribution < 1.29 is 4.74 Å². The zero-order valence-electron chi connectivity index (χ0n) is 10.1. The molecule has 1 aromatic carbocycles. The highest BCUT2D eigenvalue weighted by atomic mass is 16.5. The van der Waals surface area contributed by atoms with E-state index in [1.54, 1.807) is 0 Å². The van der Waals surface area contributed by atoms with Crippen LogP contribution in [0, 0.1) is 0 Å². The van der Waals surface area contributed by atoms with Crippen molar-refractivity contribution in [2.45, 2.75) is 13.0 Å². The van der Waals surface area contributed by atoms with Crippen LogP contribution in [0.1, 0.15) is 18.5 Å². The van der Waals surface area contributed by atoms with Crippen molar-refractivity contribution in [3.05, 3.63) is 29.8 Å². The summed E-state index contributed by atoms with van der Waals surface area (Å²) in [6.45, 7) is 5.86. The van der Waals surface area contributed by atoms with E-state index in [-0.39, 0.29) is 0 Å². The molecule has 3 nitrogen and oxygen atoms in total. The summed E-state index contributed by atoms with van der Waals surface area (Å²) in [5.74, 6) is 0. The van der Waals surface area contributed by atoms with E-state index in [1.807, 2.05) is 7.05 Å². The van der Waals surface area contributed by atoms with Crippen molar-refractivity contribution in [3.8, 4) is 0 Å². The molecular formula is C13H20N2O. The van der Waals surface area contributed by atoms with Crippen molar-refractivity contribution >= 4 is 5.69 Å². The quantitative estimate of drug-likeness (QED) is 0.840. The Labute approximate surface area is 97.4 Å². The lowest BCUT2D eigenvalue weighted by Gasteiger charge is -2.29. The van der Waals surface area contributed by atoms with Crippen molar-refractivity contribution in [1.29, 1.82) is 0 Å². The largest absolute Gasteiger partial charge is 0.378 e. The summed E-state index contributed by atoms with van der Waals surface area (Å²) in [5, 5.41) is 3.25. The van der Waals surface area contributed by atoms with Gasteiger partial charge < -0.3 is 15.0 Å². The molecule has 1 atom stereocenters. The molecule has 0 radical (unpaired) electrons. The fourth-order valence-corrected chi connectivity index (χ4v) is 1.96. The van der Waals surface area contributed by atoms with E-state index >= 15 is 0 Å². The number of nitrogens with one attached hydrogen (secondary N) is 1. The summed E-state index contributed by atoms with van der Waals surface area (Å²) in [7, 11) is 1.99. The monoisotopic (exact) mass is 220 g/mol. The van der Waals surface area contributed by atoms with Gasteiger partial charge in [-0.25, -0.2) is 0 Å². The SMILES string of the molecule is CN[C@@H](C)c1ccc(N2CCOCC2)cc1. The molecule has 0 spiro atoms. The summed E-state index contributed by atoms with van der Waals surface area (Å²) in [6, 6.07) is 9.22. The molecule has 1 saturated heterocycles. The number of anilines is 1. The van der Waals surface area contributed by atoms with E-state index in [9.17, 15) is 0 Å². The highest BCUT2D eigenvalue weighted by Crippen LogP contribution is 2.19. The standard InChI is InChI=1S/C13H20N2O/c1-11(14-2)12-3-5-13(6-4-12)15-7-9-16-10-8-15/h3-6,11,14H,7-10H2,1-2H3/t11-/m0/s1. The minimum atomic E-state index is 0.415. The van der Waals surface area contributed by atoms with Gasteiger partial charge in [0.2, 0.25) is 0 Å². The third kappa shape index (κ3) is 2.54. The van der Waals surface area contributed by atoms with E-state index in [1.165, 1.54) is 11.3 Å². The first-order valence-electron chi connectivity index (χ1n) is 5.91. The summed E-state index contributed by atoms with van der Waals surface area (Å²) >= 11 is 0. The first-order valence-corrected chi connectivity index (χ1v) is 5.91. The van der Waals surface area contributed by atoms with Crippen molar-refractivity contribution in [2.24, 2.45) is 0 Å². The van der Waals surface area contributed by atoms with Gasteiger partial charge in [-0.2, -0.15) is 0 Å². The average Bonchev–Trinajstić information content (AvgIpc) is 2.39. The maximum absolute atomic E-state index is 5.35.